The van der Waals surface area contributed by atoms with E-state index in [1.807, 2.05) is 29.7 Å². The third-order valence-corrected chi connectivity index (χ3v) is 3.82. The zero-order valence-electron chi connectivity index (χ0n) is 13.3. The molecule has 2 heterocycles. The van der Waals surface area contributed by atoms with Crippen molar-refractivity contribution in [2.24, 2.45) is 14.1 Å². The van der Waals surface area contributed by atoms with Crippen LogP contribution in [0.5, 0.6) is 0 Å². The highest BCUT2D eigenvalue weighted by atomic mass is 15.3. The number of aromatic nitrogens is 4. The van der Waals surface area contributed by atoms with Gasteiger partial charge in [0.25, 0.3) is 0 Å². The van der Waals surface area contributed by atoms with E-state index in [4.69, 9.17) is 0 Å². The van der Waals surface area contributed by atoms with Crippen LogP contribution in [0.4, 0.5) is 0 Å². The number of hydrogen-bond acceptors (Lipinski definition) is 3. The lowest BCUT2D eigenvalue weighted by atomic mass is 10.1. The molecule has 2 aromatic heterocycles. The van der Waals surface area contributed by atoms with E-state index in [0.717, 1.165) is 6.54 Å². The molecule has 2 rings (SSSR count). The molecule has 0 saturated heterocycles. The van der Waals surface area contributed by atoms with E-state index in [0.29, 0.717) is 5.92 Å². The smallest absolute Gasteiger partial charge is 0.0694 e. The summed E-state index contributed by atoms with van der Waals surface area (Å²) in [5.41, 5.74) is 4.91. The van der Waals surface area contributed by atoms with E-state index in [9.17, 15) is 0 Å². The van der Waals surface area contributed by atoms with Gasteiger partial charge in [0.15, 0.2) is 0 Å². The topological polar surface area (TPSA) is 47.7 Å². The van der Waals surface area contributed by atoms with E-state index in [1.54, 1.807) is 0 Å². The molecule has 0 fully saturated rings. The van der Waals surface area contributed by atoms with Gasteiger partial charge in [-0.3, -0.25) is 9.36 Å². The lowest BCUT2D eigenvalue weighted by Gasteiger charge is -2.14. The highest BCUT2D eigenvalue weighted by molar-refractivity contribution is 5.22. The lowest BCUT2D eigenvalue weighted by Crippen LogP contribution is -2.19. The average molecular weight is 275 g/mol. The Morgan fingerprint density at radius 2 is 1.95 bits per heavy atom. The lowest BCUT2D eigenvalue weighted by molar-refractivity contribution is 0.566. The van der Waals surface area contributed by atoms with Gasteiger partial charge in [-0.1, -0.05) is 13.8 Å². The minimum absolute atomic E-state index is 0.281. The Morgan fingerprint density at radius 1 is 1.25 bits per heavy atom. The normalized spacial score (nSPS) is 13.2. The van der Waals surface area contributed by atoms with Gasteiger partial charge in [0.1, 0.15) is 0 Å². The Hall–Kier alpha value is -1.62. The first-order valence-electron chi connectivity index (χ1n) is 7.14. The van der Waals surface area contributed by atoms with E-state index in [2.05, 4.69) is 49.4 Å². The second kappa shape index (κ2) is 5.79. The zero-order chi connectivity index (χ0) is 14.9. The van der Waals surface area contributed by atoms with Crippen LogP contribution in [0.3, 0.4) is 0 Å². The van der Waals surface area contributed by atoms with Crippen molar-refractivity contribution in [3.63, 3.8) is 0 Å². The Labute approximate surface area is 121 Å². The summed E-state index contributed by atoms with van der Waals surface area (Å²) in [6.07, 6.45) is 4.05. The van der Waals surface area contributed by atoms with Gasteiger partial charge in [0.2, 0.25) is 0 Å². The molecule has 0 saturated carbocycles. The van der Waals surface area contributed by atoms with Crippen molar-refractivity contribution >= 4 is 0 Å². The third-order valence-electron chi connectivity index (χ3n) is 3.82. The minimum atomic E-state index is 0.281. The van der Waals surface area contributed by atoms with Crippen LogP contribution in [-0.2, 0) is 20.6 Å². The molecule has 0 radical (unpaired) electrons. The van der Waals surface area contributed by atoms with Gasteiger partial charge >= 0.3 is 0 Å². The average Bonchev–Trinajstić information content (AvgIpc) is 2.91. The molecular formula is C15H25N5. The van der Waals surface area contributed by atoms with Gasteiger partial charge in [-0.2, -0.15) is 10.2 Å². The molecule has 0 aromatic carbocycles. The molecule has 2 aromatic rings. The number of aryl methyl sites for hydroxylation is 2. The largest absolute Gasteiger partial charge is 0.306 e. The molecule has 1 unspecified atom stereocenters. The third kappa shape index (κ3) is 2.93. The standard InChI is InChI=1S/C15H25N5/c1-10(2)15-13(9-19(5)18-15)7-16-11(3)14-8-17-20(6)12(14)4/h8-11,16H,7H2,1-6H3. The fraction of sp³-hybridized carbons (Fsp3) is 0.600. The van der Waals surface area contributed by atoms with Gasteiger partial charge in [-0.15, -0.1) is 0 Å². The predicted octanol–water partition coefficient (Wildman–Crippen LogP) is 2.44. The molecule has 0 amide bonds. The van der Waals surface area contributed by atoms with Crippen molar-refractivity contribution in [3.8, 4) is 0 Å². The summed E-state index contributed by atoms with van der Waals surface area (Å²) in [7, 11) is 3.95. The van der Waals surface area contributed by atoms with E-state index >= 15 is 0 Å². The van der Waals surface area contributed by atoms with Crippen molar-refractivity contribution in [2.75, 3.05) is 0 Å². The fourth-order valence-corrected chi connectivity index (χ4v) is 2.49. The summed E-state index contributed by atoms with van der Waals surface area (Å²) in [5.74, 6) is 0.448. The second-order valence-electron chi connectivity index (χ2n) is 5.78. The van der Waals surface area contributed by atoms with Crippen molar-refractivity contribution in [3.05, 3.63) is 34.9 Å². The van der Waals surface area contributed by atoms with Gasteiger partial charge in [-0.25, -0.2) is 0 Å². The number of nitrogens with zero attached hydrogens (tertiary/aromatic N) is 4. The second-order valence-corrected chi connectivity index (χ2v) is 5.78. The number of nitrogens with one attached hydrogen (secondary N) is 1. The monoisotopic (exact) mass is 275 g/mol. The predicted molar refractivity (Wildman–Crippen MR) is 80.5 cm³/mol. The molecular weight excluding hydrogens is 250 g/mol. The van der Waals surface area contributed by atoms with Crippen molar-refractivity contribution in [1.29, 1.82) is 0 Å². The number of rotatable bonds is 5. The van der Waals surface area contributed by atoms with Crippen LogP contribution < -0.4 is 5.32 Å². The Balaban J connectivity index is 2.07. The van der Waals surface area contributed by atoms with E-state index in [1.165, 1.54) is 22.5 Å². The molecule has 0 aliphatic carbocycles. The van der Waals surface area contributed by atoms with E-state index in [-0.39, 0.29) is 6.04 Å². The molecule has 20 heavy (non-hydrogen) atoms. The maximum Gasteiger partial charge on any atom is 0.0694 e. The summed E-state index contributed by atoms with van der Waals surface area (Å²) in [5, 5.41) is 12.4. The maximum atomic E-state index is 4.54. The number of hydrogen-bond donors (Lipinski definition) is 1. The fourth-order valence-electron chi connectivity index (χ4n) is 2.49. The zero-order valence-corrected chi connectivity index (χ0v) is 13.3. The van der Waals surface area contributed by atoms with Gasteiger partial charge in [0, 0.05) is 49.7 Å². The van der Waals surface area contributed by atoms with Gasteiger partial charge in [-0.05, 0) is 19.8 Å². The molecule has 5 nitrogen and oxygen atoms in total. The summed E-state index contributed by atoms with van der Waals surface area (Å²) in [6.45, 7) is 9.47. The van der Waals surface area contributed by atoms with E-state index < -0.39 is 0 Å². The molecule has 0 bridgehead atoms. The molecule has 1 atom stereocenters. The van der Waals surface area contributed by atoms with Crippen molar-refractivity contribution in [1.82, 2.24) is 24.9 Å². The highest BCUT2D eigenvalue weighted by Crippen LogP contribution is 2.20. The quantitative estimate of drug-likeness (QED) is 0.911. The Bertz CT molecular complexity index is 579. The molecule has 0 aliphatic heterocycles. The van der Waals surface area contributed by atoms with Gasteiger partial charge < -0.3 is 5.32 Å². The van der Waals surface area contributed by atoms with Crippen LogP contribution >= 0.6 is 0 Å². The molecule has 5 heteroatoms. The molecule has 0 spiro atoms. The van der Waals surface area contributed by atoms with Crippen LogP contribution in [0.15, 0.2) is 12.4 Å². The Kier molecular flexibility index (Phi) is 4.28. The molecule has 0 aliphatic rings. The summed E-state index contributed by atoms with van der Waals surface area (Å²) in [6, 6.07) is 0.281. The molecule has 1 N–H and O–H groups in total. The van der Waals surface area contributed by atoms with Gasteiger partial charge in [0.05, 0.1) is 11.9 Å². The summed E-state index contributed by atoms with van der Waals surface area (Å²) >= 11 is 0. The maximum absolute atomic E-state index is 4.54. The SMILES string of the molecule is Cc1c(C(C)NCc2cn(C)nc2C(C)C)cnn1C. The minimum Gasteiger partial charge on any atom is -0.306 e. The first kappa shape index (κ1) is 14.8. The first-order chi connectivity index (χ1) is 9.40. The summed E-state index contributed by atoms with van der Waals surface area (Å²) < 4.78 is 3.81. The van der Waals surface area contributed by atoms with Crippen LogP contribution in [0.2, 0.25) is 0 Å². The molecule has 110 valence electrons. The Morgan fingerprint density at radius 3 is 2.50 bits per heavy atom. The van der Waals surface area contributed by atoms with Crippen LogP contribution in [0, 0.1) is 6.92 Å². The van der Waals surface area contributed by atoms with Crippen LogP contribution in [0.1, 0.15) is 55.2 Å². The first-order valence-corrected chi connectivity index (χ1v) is 7.14. The van der Waals surface area contributed by atoms with Crippen molar-refractivity contribution < 1.29 is 0 Å². The van der Waals surface area contributed by atoms with Crippen LogP contribution in [-0.4, -0.2) is 19.6 Å². The van der Waals surface area contributed by atoms with Crippen molar-refractivity contribution in [2.45, 2.75) is 46.2 Å². The highest BCUT2D eigenvalue weighted by Gasteiger charge is 2.15. The summed E-state index contributed by atoms with van der Waals surface area (Å²) in [4.78, 5) is 0. The van der Waals surface area contributed by atoms with Crippen LogP contribution in [0.25, 0.3) is 0 Å².